The molecule has 3 nitrogen and oxygen atoms in total. The Kier molecular flexibility index (Phi) is 3.50. The van der Waals surface area contributed by atoms with Gasteiger partial charge in [-0.3, -0.25) is 0 Å². The molecule has 1 aliphatic carbocycles. The predicted molar refractivity (Wildman–Crippen MR) is 83.7 cm³/mol. The molecule has 0 spiro atoms. The van der Waals surface area contributed by atoms with Crippen LogP contribution in [0.25, 0.3) is 11.1 Å². The Bertz CT molecular complexity index is 672. The smallest absolute Gasteiger partial charge is 0.130 e. The molecule has 1 aliphatic rings. The van der Waals surface area contributed by atoms with Gasteiger partial charge in [-0.25, -0.2) is 0 Å². The highest BCUT2D eigenvalue weighted by molar-refractivity contribution is 5.80. The van der Waals surface area contributed by atoms with E-state index in [9.17, 15) is 0 Å². The summed E-state index contributed by atoms with van der Waals surface area (Å²) >= 11 is 0. The van der Waals surface area contributed by atoms with E-state index < -0.39 is 0 Å². The van der Waals surface area contributed by atoms with Crippen LogP contribution in [-0.4, -0.2) is 21.3 Å². The number of benzene rings is 2. The van der Waals surface area contributed by atoms with Gasteiger partial charge in [0.05, 0.1) is 21.3 Å². The SMILES string of the molecule is COc1cc2c(c(OC)c1)-c1cc(C)c(OC)cc1CC2. The van der Waals surface area contributed by atoms with Crippen molar-refractivity contribution in [2.24, 2.45) is 0 Å². The molecule has 0 bridgehead atoms. The van der Waals surface area contributed by atoms with E-state index >= 15 is 0 Å². The summed E-state index contributed by atoms with van der Waals surface area (Å²) in [6.07, 6.45) is 2.00. The standard InChI is InChI=1S/C18H20O3/c1-11-7-15-12(9-16(11)20-3)5-6-13-8-14(19-2)10-17(21-4)18(13)15/h7-10H,5-6H2,1-4H3. The quantitative estimate of drug-likeness (QED) is 0.858. The van der Waals surface area contributed by atoms with Crippen LogP contribution in [0.2, 0.25) is 0 Å². The molecule has 0 saturated heterocycles. The Morgan fingerprint density at radius 2 is 1.48 bits per heavy atom. The van der Waals surface area contributed by atoms with Crippen LogP contribution in [0, 0.1) is 6.92 Å². The maximum absolute atomic E-state index is 5.60. The van der Waals surface area contributed by atoms with Crippen LogP contribution in [0.3, 0.4) is 0 Å². The highest BCUT2D eigenvalue weighted by Gasteiger charge is 2.22. The number of aryl methyl sites for hydroxylation is 3. The van der Waals surface area contributed by atoms with E-state index in [2.05, 4.69) is 25.1 Å². The van der Waals surface area contributed by atoms with Crippen LogP contribution in [-0.2, 0) is 12.8 Å². The average molecular weight is 284 g/mol. The van der Waals surface area contributed by atoms with Gasteiger partial charge in [0, 0.05) is 11.6 Å². The van der Waals surface area contributed by atoms with Gasteiger partial charge in [-0.2, -0.15) is 0 Å². The number of ether oxygens (including phenoxy) is 3. The Morgan fingerprint density at radius 1 is 0.762 bits per heavy atom. The topological polar surface area (TPSA) is 27.7 Å². The molecular weight excluding hydrogens is 264 g/mol. The Morgan fingerprint density at radius 3 is 2.14 bits per heavy atom. The van der Waals surface area contributed by atoms with Crippen LogP contribution in [0.15, 0.2) is 24.3 Å². The van der Waals surface area contributed by atoms with E-state index in [-0.39, 0.29) is 0 Å². The molecule has 2 aromatic rings. The predicted octanol–water partition coefficient (Wildman–Crippen LogP) is 3.79. The summed E-state index contributed by atoms with van der Waals surface area (Å²) in [5.41, 5.74) is 6.16. The lowest BCUT2D eigenvalue weighted by atomic mass is 9.84. The molecule has 0 fully saturated rings. The normalized spacial score (nSPS) is 12.4. The second kappa shape index (κ2) is 5.32. The van der Waals surface area contributed by atoms with Crippen LogP contribution in [0.4, 0.5) is 0 Å². The van der Waals surface area contributed by atoms with E-state index in [0.717, 1.165) is 35.7 Å². The van der Waals surface area contributed by atoms with E-state index in [4.69, 9.17) is 14.2 Å². The molecule has 0 aliphatic heterocycles. The molecule has 2 aromatic carbocycles. The van der Waals surface area contributed by atoms with Crippen molar-refractivity contribution < 1.29 is 14.2 Å². The summed E-state index contributed by atoms with van der Waals surface area (Å²) in [6, 6.07) is 8.41. The van der Waals surface area contributed by atoms with Gasteiger partial charge < -0.3 is 14.2 Å². The Labute approximate surface area is 125 Å². The van der Waals surface area contributed by atoms with Crippen LogP contribution >= 0.6 is 0 Å². The third kappa shape index (κ3) is 2.23. The number of rotatable bonds is 3. The second-order valence-corrected chi connectivity index (χ2v) is 5.34. The Hall–Kier alpha value is -2.16. The maximum Gasteiger partial charge on any atom is 0.130 e. The lowest BCUT2D eigenvalue weighted by Gasteiger charge is -2.24. The molecule has 0 saturated carbocycles. The highest BCUT2D eigenvalue weighted by Crippen LogP contribution is 2.44. The molecule has 0 heterocycles. The van der Waals surface area contributed by atoms with Gasteiger partial charge in [-0.1, -0.05) is 0 Å². The molecule has 0 unspecified atom stereocenters. The first-order chi connectivity index (χ1) is 10.2. The van der Waals surface area contributed by atoms with E-state index in [1.807, 2.05) is 6.07 Å². The molecule has 0 aromatic heterocycles. The van der Waals surface area contributed by atoms with Crippen molar-refractivity contribution in [2.75, 3.05) is 21.3 Å². The molecule has 110 valence electrons. The summed E-state index contributed by atoms with van der Waals surface area (Å²) in [6.45, 7) is 2.07. The zero-order chi connectivity index (χ0) is 15.0. The van der Waals surface area contributed by atoms with Crippen molar-refractivity contribution >= 4 is 0 Å². The van der Waals surface area contributed by atoms with E-state index in [1.165, 1.54) is 22.3 Å². The van der Waals surface area contributed by atoms with Gasteiger partial charge in [0.2, 0.25) is 0 Å². The third-order valence-corrected chi connectivity index (χ3v) is 4.17. The van der Waals surface area contributed by atoms with E-state index in [1.54, 1.807) is 21.3 Å². The number of methoxy groups -OCH3 is 3. The first-order valence-electron chi connectivity index (χ1n) is 7.10. The first-order valence-corrected chi connectivity index (χ1v) is 7.10. The Balaban J connectivity index is 2.24. The minimum absolute atomic E-state index is 0.847. The molecule has 0 N–H and O–H groups in total. The lowest BCUT2D eigenvalue weighted by Crippen LogP contribution is -2.07. The number of fused-ring (bicyclic) bond motifs is 3. The third-order valence-electron chi connectivity index (χ3n) is 4.17. The first kappa shape index (κ1) is 13.8. The minimum Gasteiger partial charge on any atom is -0.497 e. The summed E-state index contributed by atoms with van der Waals surface area (Å²) in [5, 5.41) is 0. The fourth-order valence-electron chi connectivity index (χ4n) is 3.09. The molecule has 21 heavy (non-hydrogen) atoms. The van der Waals surface area contributed by atoms with Gasteiger partial charge in [0.25, 0.3) is 0 Å². The van der Waals surface area contributed by atoms with Gasteiger partial charge in [-0.15, -0.1) is 0 Å². The fourth-order valence-corrected chi connectivity index (χ4v) is 3.09. The molecule has 0 atom stereocenters. The van der Waals surface area contributed by atoms with E-state index in [0.29, 0.717) is 0 Å². The molecular formula is C18H20O3. The largest absolute Gasteiger partial charge is 0.497 e. The van der Waals surface area contributed by atoms with Crippen molar-refractivity contribution in [3.05, 3.63) is 41.0 Å². The fraction of sp³-hybridized carbons (Fsp3) is 0.333. The average Bonchev–Trinajstić information content (AvgIpc) is 2.52. The van der Waals surface area contributed by atoms with Crippen LogP contribution in [0.1, 0.15) is 16.7 Å². The molecule has 0 radical (unpaired) electrons. The summed E-state index contributed by atoms with van der Waals surface area (Å²) < 4.78 is 16.4. The zero-order valence-electron chi connectivity index (χ0n) is 12.9. The summed E-state index contributed by atoms with van der Waals surface area (Å²) in [7, 11) is 5.11. The van der Waals surface area contributed by atoms with Crippen molar-refractivity contribution in [1.82, 2.24) is 0 Å². The van der Waals surface area contributed by atoms with Crippen molar-refractivity contribution in [1.29, 1.82) is 0 Å². The lowest BCUT2D eigenvalue weighted by molar-refractivity contribution is 0.394. The molecule has 3 heteroatoms. The van der Waals surface area contributed by atoms with Gasteiger partial charge in [0.1, 0.15) is 17.2 Å². The van der Waals surface area contributed by atoms with Crippen molar-refractivity contribution in [2.45, 2.75) is 19.8 Å². The van der Waals surface area contributed by atoms with Gasteiger partial charge in [-0.05, 0) is 60.2 Å². The number of hydrogen-bond donors (Lipinski definition) is 0. The van der Waals surface area contributed by atoms with Crippen molar-refractivity contribution in [3.8, 4) is 28.4 Å². The minimum atomic E-state index is 0.847. The van der Waals surface area contributed by atoms with Gasteiger partial charge >= 0.3 is 0 Å². The summed E-state index contributed by atoms with van der Waals surface area (Å²) in [5.74, 6) is 2.67. The summed E-state index contributed by atoms with van der Waals surface area (Å²) in [4.78, 5) is 0. The molecule has 0 amide bonds. The number of hydrogen-bond acceptors (Lipinski definition) is 3. The van der Waals surface area contributed by atoms with Crippen LogP contribution < -0.4 is 14.2 Å². The molecule has 3 rings (SSSR count). The monoisotopic (exact) mass is 284 g/mol. The van der Waals surface area contributed by atoms with Crippen LogP contribution in [0.5, 0.6) is 17.2 Å². The van der Waals surface area contributed by atoms with Crippen molar-refractivity contribution in [3.63, 3.8) is 0 Å². The highest BCUT2D eigenvalue weighted by atomic mass is 16.5. The maximum atomic E-state index is 5.60. The van der Waals surface area contributed by atoms with Gasteiger partial charge in [0.15, 0.2) is 0 Å². The second-order valence-electron chi connectivity index (χ2n) is 5.34. The zero-order valence-corrected chi connectivity index (χ0v) is 12.9.